The Morgan fingerprint density at radius 1 is 1.09 bits per heavy atom. The lowest BCUT2D eigenvalue weighted by atomic mass is 10.00. The van der Waals surface area contributed by atoms with Gasteiger partial charge in [0.1, 0.15) is 17.9 Å². The molecule has 1 aliphatic rings. The van der Waals surface area contributed by atoms with E-state index in [4.69, 9.17) is 10.7 Å². The monoisotopic (exact) mass is 666 g/mol. The van der Waals surface area contributed by atoms with Crippen LogP contribution in [0, 0.1) is 19.8 Å². The fourth-order valence-electron chi connectivity index (χ4n) is 4.58. The topological polar surface area (TPSA) is 138 Å². The van der Waals surface area contributed by atoms with E-state index < -0.39 is 6.36 Å². The van der Waals surface area contributed by atoms with Gasteiger partial charge in [0, 0.05) is 12.1 Å². The number of rotatable bonds is 11. The highest BCUT2D eigenvalue weighted by Gasteiger charge is 2.30. The highest BCUT2D eigenvalue weighted by molar-refractivity contribution is 8.14. The molecule has 0 aromatic heterocycles. The summed E-state index contributed by atoms with van der Waals surface area (Å²) < 4.78 is 40.8. The van der Waals surface area contributed by atoms with Crippen LogP contribution < -0.4 is 26.5 Å². The highest BCUT2D eigenvalue weighted by Crippen LogP contribution is 2.26. The van der Waals surface area contributed by atoms with Crippen LogP contribution in [0.1, 0.15) is 35.1 Å². The summed E-state index contributed by atoms with van der Waals surface area (Å²) in [6.07, 6.45) is 0.312. The molecular weight excluding hydrogens is 629 g/mol. The van der Waals surface area contributed by atoms with Gasteiger partial charge in [0.05, 0.1) is 23.3 Å². The van der Waals surface area contributed by atoms with Crippen molar-refractivity contribution in [2.45, 2.75) is 33.1 Å². The number of aryl methyl sites for hydroxylation is 2. The van der Waals surface area contributed by atoms with Crippen molar-refractivity contribution in [2.75, 3.05) is 25.4 Å². The van der Waals surface area contributed by atoms with Crippen LogP contribution in [-0.4, -0.2) is 61.2 Å². The molecule has 0 bridgehead atoms. The summed E-state index contributed by atoms with van der Waals surface area (Å²) in [6.45, 7) is 6.57. The number of thioether (sulfide) groups is 1. The summed E-state index contributed by atoms with van der Waals surface area (Å²) in [5.41, 5.74) is 13.7. The number of nitrogens with one attached hydrogen (secondary N) is 3. The van der Waals surface area contributed by atoms with Crippen molar-refractivity contribution in [2.24, 2.45) is 31.7 Å². The molecule has 0 aliphatic carbocycles. The van der Waals surface area contributed by atoms with Gasteiger partial charge < -0.3 is 21.1 Å². The number of para-hydroxylation sites is 1. The predicted molar refractivity (Wildman–Crippen MR) is 183 cm³/mol. The van der Waals surface area contributed by atoms with Gasteiger partial charge in [0.2, 0.25) is 5.91 Å². The maximum atomic E-state index is 12.6. The summed E-state index contributed by atoms with van der Waals surface area (Å²) in [5.74, 6) is 0.438. The molecule has 1 atom stereocenters. The molecule has 1 unspecified atom stereocenters. The number of hydrogen-bond acceptors (Lipinski definition) is 7. The second-order valence-corrected chi connectivity index (χ2v) is 11.7. The molecule has 0 saturated carbocycles. The molecule has 0 spiro atoms. The lowest BCUT2D eigenvalue weighted by molar-refractivity contribution is -0.274. The van der Waals surface area contributed by atoms with E-state index in [1.807, 2.05) is 44.2 Å². The molecule has 1 amide bonds. The van der Waals surface area contributed by atoms with Crippen molar-refractivity contribution in [3.63, 3.8) is 0 Å². The number of halogens is 3. The number of nitrogens with two attached hydrogens (primary N) is 1. The number of carbonyl (C=O) groups is 1. The van der Waals surface area contributed by atoms with Gasteiger partial charge in [-0.1, -0.05) is 54.2 Å². The maximum Gasteiger partial charge on any atom is 0.573 e. The van der Waals surface area contributed by atoms with Gasteiger partial charge in [0.25, 0.3) is 0 Å². The average Bonchev–Trinajstić information content (AvgIpc) is 3.05. The summed E-state index contributed by atoms with van der Waals surface area (Å²) in [7, 11) is 0. The van der Waals surface area contributed by atoms with E-state index in [1.54, 1.807) is 18.3 Å². The Morgan fingerprint density at radius 3 is 2.47 bits per heavy atom. The Balaban J connectivity index is 1.35. The Labute approximate surface area is 275 Å². The standard InChI is InChI=1S/C33H37F3N8O2S/c1-22-5-3-6-23(2)30(22)43-32(47-20-29(45)39-18-25-7-4-16-38-17-25)44-42-19-24-8-10-26(11-9-24)31(37)41-21-40-27-12-14-28(15-13-27)46-33(34,35)36/h3,5-6,8-15,19,21,25,38H,4,7,16-18,20H2,1-2H3,(H,39,45)(H,43,44)(H2,37,40,41)/b42-19-. The van der Waals surface area contributed by atoms with Crippen LogP contribution in [0.2, 0.25) is 0 Å². The number of piperidine rings is 1. The summed E-state index contributed by atoms with van der Waals surface area (Å²) in [5, 5.41) is 11.2. The smallest absolute Gasteiger partial charge is 0.406 e. The van der Waals surface area contributed by atoms with Gasteiger partial charge in [-0.05, 0) is 86.7 Å². The van der Waals surface area contributed by atoms with Gasteiger partial charge in [-0.3, -0.25) is 10.2 Å². The van der Waals surface area contributed by atoms with Crippen LogP contribution in [-0.2, 0) is 4.79 Å². The fraction of sp³-hybridized carbons (Fsp3) is 0.303. The molecule has 3 aromatic rings. The van der Waals surface area contributed by atoms with Gasteiger partial charge in [-0.15, -0.1) is 13.2 Å². The minimum absolute atomic E-state index is 0.0612. The highest BCUT2D eigenvalue weighted by atomic mass is 32.2. The second-order valence-electron chi connectivity index (χ2n) is 10.8. The van der Waals surface area contributed by atoms with E-state index in [0.29, 0.717) is 28.9 Å². The zero-order valence-electron chi connectivity index (χ0n) is 26.1. The molecule has 1 saturated heterocycles. The molecule has 10 nitrogen and oxygen atoms in total. The van der Waals surface area contributed by atoms with Crippen molar-refractivity contribution in [1.82, 2.24) is 16.1 Å². The predicted octanol–water partition coefficient (Wildman–Crippen LogP) is 5.73. The van der Waals surface area contributed by atoms with Gasteiger partial charge in [0.15, 0.2) is 5.17 Å². The number of hydrogen-bond donors (Lipinski definition) is 4. The maximum absolute atomic E-state index is 12.6. The first-order chi connectivity index (χ1) is 22.6. The molecule has 4 rings (SSSR count). The third-order valence-corrected chi connectivity index (χ3v) is 7.90. The van der Waals surface area contributed by atoms with Crippen LogP contribution in [0.5, 0.6) is 5.75 Å². The first-order valence-electron chi connectivity index (χ1n) is 14.9. The first kappa shape index (κ1) is 35.2. The van der Waals surface area contributed by atoms with Crippen LogP contribution in [0.3, 0.4) is 0 Å². The molecule has 47 heavy (non-hydrogen) atoms. The summed E-state index contributed by atoms with van der Waals surface area (Å²) in [4.78, 5) is 25.6. The van der Waals surface area contributed by atoms with E-state index in [-0.39, 0.29) is 23.2 Å². The lowest BCUT2D eigenvalue weighted by Gasteiger charge is -2.22. The van der Waals surface area contributed by atoms with Crippen molar-refractivity contribution in [3.05, 3.63) is 89.0 Å². The van der Waals surface area contributed by atoms with Gasteiger partial charge in [-0.25, -0.2) is 15.0 Å². The Bertz CT molecular complexity index is 1580. The minimum atomic E-state index is -4.76. The number of ether oxygens (including phenoxy) is 1. The average molecular weight is 667 g/mol. The largest absolute Gasteiger partial charge is 0.573 e. The lowest BCUT2D eigenvalue weighted by Crippen LogP contribution is -2.38. The van der Waals surface area contributed by atoms with Crippen molar-refractivity contribution in [1.29, 1.82) is 0 Å². The SMILES string of the molecule is Cc1cccc(C)c1N=C(N/N=C\c1ccc(C(N)=NC=Nc2ccc(OC(F)(F)F)cc2)cc1)SCC(=O)NCC1CCCNC1. The minimum Gasteiger partial charge on any atom is -0.406 e. The number of benzene rings is 3. The number of carbonyl (C=O) groups excluding carboxylic acids is 1. The zero-order valence-corrected chi connectivity index (χ0v) is 26.9. The van der Waals surface area contributed by atoms with Crippen LogP contribution in [0.15, 0.2) is 86.8 Å². The number of alkyl halides is 3. The van der Waals surface area contributed by atoms with E-state index in [9.17, 15) is 18.0 Å². The third kappa shape index (κ3) is 12.2. The molecule has 14 heteroatoms. The molecule has 248 valence electrons. The Kier molecular flexibility index (Phi) is 12.9. The number of hydrazone groups is 1. The number of aliphatic imine (C=N–C) groups is 3. The number of amidine groups is 2. The molecule has 0 radical (unpaired) electrons. The van der Waals surface area contributed by atoms with Crippen molar-refractivity contribution >= 4 is 52.6 Å². The number of amides is 1. The first-order valence-corrected chi connectivity index (χ1v) is 15.9. The van der Waals surface area contributed by atoms with E-state index in [0.717, 1.165) is 60.4 Å². The number of nitrogens with zero attached hydrogens (tertiary/aromatic N) is 4. The second kappa shape index (κ2) is 17.3. The molecule has 1 aliphatic heterocycles. The van der Waals surface area contributed by atoms with Crippen molar-refractivity contribution < 1.29 is 22.7 Å². The molecule has 1 fully saturated rings. The quantitative estimate of drug-likeness (QED) is 0.117. The Hall–Kier alpha value is -4.69. The van der Waals surface area contributed by atoms with Crippen LogP contribution in [0.25, 0.3) is 0 Å². The molecule has 5 N–H and O–H groups in total. The Morgan fingerprint density at radius 2 is 1.81 bits per heavy atom. The van der Waals surface area contributed by atoms with E-state index in [1.165, 1.54) is 30.2 Å². The van der Waals surface area contributed by atoms with E-state index in [2.05, 4.69) is 35.9 Å². The van der Waals surface area contributed by atoms with Gasteiger partial charge in [-0.2, -0.15) is 5.10 Å². The molecular formula is C33H37F3N8O2S. The van der Waals surface area contributed by atoms with Crippen LogP contribution in [0.4, 0.5) is 24.5 Å². The summed E-state index contributed by atoms with van der Waals surface area (Å²) >= 11 is 1.28. The fourth-order valence-corrected chi connectivity index (χ4v) is 5.23. The molecule has 3 aromatic carbocycles. The zero-order chi connectivity index (χ0) is 33.6. The van der Waals surface area contributed by atoms with Gasteiger partial charge >= 0.3 is 6.36 Å². The van der Waals surface area contributed by atoms with E-state index >= 15 is 0 Å². The third-order valence-electron chi connectivity index (χ3n) is 7.03. The molecule has 1 heterocycles. The van der Waals surface area contributed by atoms with Crippen molar-refractivity contribution in [3.8, 4) is 5.75 Å². The normalized spacial score (nSPS) is 16.1. The van der Waals surface area contributed by atoms with Crippen LogP contribution >= 0.6 is 11.8 Å². The summed E-state index contributed by atoms with van der Waals surface area (Å²) in [6, 6.07) is 18.2.